The van der Waals surface area contributed by atoms with Crippen LogP contribution in [0.4, 0.5) is 19.0 Å². The number of alkyl halides is 3. The molecule has 1 aliphatic rings. The van der Waals surface area contributed by atoms with Crippen molar-refractivity contribution in [3.8, 4) is 17.1 Å². The maximum atomic E-state index is 12.6. The molecule has 3 heterocycles. The summed E-state index contributed by atoms with van der Waals surface area (Å²) in [6, 6.07) is 15.2. The lowest BCUT2D eigenvalue weighted by molar-refractivity contribution is -0.274. The average molecular weight is 549 g/mol. The Morgan fingerprint density at radius 3 is 2.67 bits per heavy atom. The largest absolute Gasteiger partial charge is 0.573 e. The lowest BCUT2D eigenvalue weighted by Crippen LogP contribution is -2.31. The number of nitrogens with two attached hydrogens (primary N) is 1. The van der Waals surface area contributed by atoms with Crippen LogP contribution in [0.5, 0.6) is 5.75 Å². The molecule has 40 heavy (non-hydrogen) atoms. The number of H-pyrrole nitrogens is 1. The Labute approximate surface area is 227 Å². The first-order valence-corrected chi connectivity index (χ1v) is 13.1. The van der Waals surface area contributed by atoms with Crippen molar-refractivity contribution >= 4 is 28.1 Å². The molecule has 0 unspecified atom stereocenters. The van der Waals surface area contributed by atoms with E-state index in [0.717, 1.165) is 71.4 Å². The molecule has 11 heteroatoms. The monoisotopic (exact) mass is 548 g/mol. The highest BCUT2D eigenvalue weighted by molar-refractivity contribution is 5.94. The molecule has 1 saturated carbocycles. The number of carbonyl (C=O) groups excluding carboxylic acids is 1. The first-order chi connectivity index (χ1) is 19.2. The van der Waals surface area contributed by atoms with Gasteiger partial charge in [0.25, 0.3) is 5.91 Å². The van der Waals surface area contributed by atoms with Crippen LogP contribution in [-0.4, -0.2) is 38.2 Å². The number of nitrogens with zero attached hydrogens (tertiary/aromatic N) is 3. The smallest absolute Gasteiger partial charge is 0.406 e. The summed E-state index contributed by atoms with van der Waals surface area (Å²) in [7, 11) is 0. The van der Waals surface area contributed by atoms with Crippen LogP contribution in [0, 0.1) is 5.92 Å². The lowest BCUT2D eigenvalue weighted by atomic mass is 9.81. The average Bonchev–Trinajstić information content (AvgIpc) is 3.54. The summed E-state index contributed by atoms with van der Waals surface area (Å²) >= 11 is 0. The van der Waals surface area contributed by atoms with Crippen LogP contribution in [0.15, 0.2) is 67.0 Å². The molecule has 1 aliphatic carbocycles. The van der Waals surface area contributed by atoms with Crippen LogP contribution in [0.25, 0.3) is 27.8 Å². The topological polar surface area (TPSA) is 110 Å². The van der Waals surface area contributed by atoms with E-state index in [9.17, 15) is 18.0 Å². The van der Waals surface area contributed by atoms with E-state index in [1.54, 1.807) is 6.20 Å². The second kappa shape index (κ2) is 10.2. The SMILES string of the molecule is Nc1nccn2c(C3CCC(CNC(=O)c4cccc(OC(F)(F)F)c4)CC3)nc(-c3cc4ccccc4[nH]3)c12. The third-order valence-electron chi connectivity index (χ3n) is 7.49. The number of hydrogen-bond acceptors (Lipinski definition) is 5. The highest BCUT2D eigenvalue weighted by Crippen LogP contribution is 2.38. The van der Waals surface area contributed by atoms with Gasteiger partial charge >= 0.3 is 6.36 Å². The minimum atomic E-state index is -4.81. The number of rotatable bonds is 6. The molecule has 0 atom stereocenters. The Hall–Kier alpha value is -4.54. The van der Waals surface area contributed by atoms with Gasteiger partial charge in [-0.2, -0.15) is 0 Å². The number of benzene rings is 2. The van der Waals surface area contributed by atoms with E-state index in [-0.39, 0.29) is 17.4 Å². The molecule has 0 aliphatic heterocycles. The molecule has 3 aromatic heterocycles. The molecule has 2 aromatic carbocycles. The molecule has 1 fully saturated rings. The van der Waals surface area contributed by atoms with E-state index in [1.165, 1.54) is 12.1 Å². The number of nitrogens with one attached hydrogen (secondary N) is 2. The number of hydrogen-bond donors (Lipinski definition) is 3. The fourth-order valence-electron chi connectivity index (χ4n) is 5.56. The van der Waals surface area contributed by atoms with Crippen molar-refractivity contribution in [2.45, 2.75) is 38.0 Å². The molecule has 1 amide bonds. The molecule has 6 rings (SSSR count). The summed E-state index contributed by atoms with van der Waals surface area (Å²) in [5.41, 5.74) is 9.88. The summed E-state index contributed by atoms with van der Waals surface area (Å²) in [5, 5.41) is 3.95. The van der Waals surface area contributed by atoms with Crippen molar-refractivity contribution in [2.24, 2.45) is 5.92 Å². The van der Waals surface area contributed by atoms with Gasteiger partial charge in [0.1, 0.15) is 28.6 Å². The van der Waals surface area contributed by atoms with E-state index in [1.807, 2.05) is 34.9 Å². The number of aromatic amines is 1. The fourth-order valence-corrected chi connectivity index (χ4v) is 5.56. The van der Waals surface area contributed by atoms with Gasteiger partial charge in [-0.25, -0.2) is 9.97 Å². The number of imidazole rings is 1. The highest BCUT2D eigenvalue weighted by atomic mass is 19.4. The number of para-hydroxylation sites is 1. The molecule has 8 nitrogen and oxygen atoms in total. The second-order valence-electron chi connectivity index (χ2n) is 10.1. The number of halogens is 3. The van der Waals surface area contributed by atoms with Crippen LogP contribution >= 0.6 is 0 Å². The molecule has 0 radical (unpaired) electrons. The number of amides is 1. The van der Waals surface area contributed by atoms with Gasteiger partial charge in [0.15, 0.2) is 0 Å². The summed E-state index contributed by atoms with van der Waals surface area (Å²) in [6.07, 6.45) is 2.26. The first kappa shape index (κ1) is 25.7. The van der Waals surface area contributed by atoms with Crippen LogP contribution in [-0.2, 0) is 0 Å². The predicted molar refractivity (Wildman–Crippen MR) is 145 cm³/mol. The molecular formula is C29H27F3N6O2. The van der Waals surface area contributed by atoms with Crippen LogP contribution in [0.1, 0.15) is 47.8 Å². The Bertz CT molecular complexity index is 1650. The Balaban J connectivity index is 1.14. The van der Waals surface area contributed by atoms with Gasteiger partial charge in [-0.3, -0.25) is 9.20 Å². The zero-order valence-corrected chi connectivity index (χ0v) is 21.4. The Morgan fingerprint density at radius 2 is 1.90 bits per heavy atom. The quantitative estimate of drug-likeness (QED) is 0.239. The van der Waals surface area contributed by atoms with Crippen molar-refractivity contribution in [1.82, 2.24) is 24.7 Å². The Morgan fingerprint density at radius 1 is 1.10 bits per heavy atom. The minimum Gasteiger partial charge on any atom is -0.406 e. The minimum absolute atomic E-state index is 0.120. The Kier molecular flexibility index (Phi) is 6.57. The number of ether oxygens (including phenoxy) is 1. The standard InChI is InChI=1S/C29H27F3N6O2/c30-29(31,32)40-21-6-3-5-20(14-21)28(39)35-16-17-8-10-18(11-9-17)27-37-24(25-26(33)34-12-13-38(25)27)23-15-19-4-1-2-7-22(19)36-23/h1-7,12-15,17-18,36H,8-11,16H2,(H2,33,34)(H,35,39). The molecule has 0 saturated heterocycles. The molecular weight excluding hydrogens is 521 g/mol. The number of carbonyl (C=O) groups is 1. The lowest BCUT2D eigenvalue weighted by Gasteiger charge is -2.28. The van der Waals surface area contributed by atoms with Gasteiger partial charge in [-0.15, -0.1) is 13.2 Å². The molecule has 206 valence electrons. The van der Waals surface area contributed by atoms with E-state index < -0.39 is 18.0 Å². The van der Waals surface area contributed by atoms with Crippen molar-refractivity contribution in [2.75, 3.05) is 12.3 Å². The number of anilines is 1. The number of nitrogen functional groups attached to an aromatic ring is 1. The highest BCUT2D eigenvalue weighted by Gasteiger charge is 2.31. The number of aromatic nitrogens is 4. The van der Waals surface area contributed by atoms with Crippen LogP contribution in [0.3, 0.4) is 0 Å². The van der Waals surface area contributed by atoms with E-state index in [0.29, 0.717) is 12.4 Å². The van der Waals surface area contributed by atoms with Gasteiger partial charge in [-0.1, -0.05) is 24.3 Å². The molecule has 0 bridgehead atoms. The van der Waals surface area contributed by atoms with Gasteiger partial charge in [0, 0.05) is 41.3 Å². The zero-order valence-electron chi connectivity index (χ0n) is 21.4. The van der Waals surface area contributed by atoms with Gasteiger partial charge in [-0.05, 0) is 61.9 Å². The summed E-state index contributed by atoms with van der Waals surface area (Å²) in [5.74, 6) is 0.949. The maximum absolute atomic E-state index is 12.6. The van der Waals surface area contributed by atoms with Crippen molar-refractivity contribution in [3.05, 3.63) is 78.4 Å². The van der Waals surface area contributed by atoms with Gasteiger partial charge in [0.2, 0.25) is 0 Å². The summed E-state index contributed by atoms with van der Waals surface area (Å²) in [4.78, 5) is 25.4. The van der Waals surface area contributed by atoms with Gasteiger partial charge < -0.3 is 20.8 Å². The first-order valence-electron chi connectivity index (χ1n) is 13.1. The van der Waals surface area contributed by atoms with Crippen molar-refractivity contribution in [1.29, 1.82) is 0 Å². The predicted octanol–water partition coefficient (Wildman–Crippen LogP) is 6.06. The maximum Gasteiger partial charge on any atom is 0.573 e. The second-order valence-corrected chi connectivity index (χ2v) is 10.1. The third kappa shape index (κ3) is 5.18. The summed E-state index contributed by atoms with van der Waals surface area (Å²) < 4.78 is 43.5. The van der Waals surface area contributed by atoms with Gasteiger partial charge in [0.05, 0.1) is 5.69 Å². The summed E-state index contributed by atoms with van der Waals surface area (Å²) in [6.45, 7) is 0.440. The fraction of sp³-hybridized carbons (Fsp3) is 0.276. The zero-order chi connectivity index (χ0) is 27.9. The molecule has 0 spiro atoms. The molecule has 5 aromatic rings. The van der Waals surface area contributed by atoms with Crippen molar-refractivity contribution < 1.29 is 22.7 Å². The number of fused-ring (bicyclic) bond motifs is 2. The van der Waals surface area contributed by atoms with E-state index in [2.05, 4.69) is 26.1 Å². The van der Waals surface area contributed by atoms with E-state index in [4.69, 9.17) is 10.7 Å². The van der Waals surface area contributed by atoms with Crippen LogP contribution < -0.4 is 15.8 Å². The third-order valence-corrected chi connectivity index (χ3v) is 7.49. The van der Waals surface area contributed by atoms with E-state index >= 15 is 0 Å². The van der Waals surface area contributed by atoms with Crippen LogP contribution in [0.2, 0.25) is 0 Å². The van der Waals surface area contributed by atoms with Crippen molar-refractivity contribution in [3.63, 3.8) is 0 Å². The molecule has 4 N–H and O–H groups in total. The normalized spacial score (nSPS) is 17.8.